The van der Waals surface area contributed by atoms with Crippen molar-refractivity contribution in [3.05, 3.63) is 0 Å². The minimum atomic E-state index is 0.0732. The molecule has 0 spiro atoms. The molecule has 0 aliphatic carbocycles. The highest BCUT2D eigenvalue weighted by molar-refractivity contribution is 5.83. The Morgan fingerprint density at radius 3 is 2.30 bits per heavy atom. The van der Waals surface area contributed by atoms with Gasteiger partial charge < -0.3 is 4.90 Å². The van der Waals surface area contributed by atoms with E-state index in [1.54, 1.807) is 0 Å². The number of nitrogens with zero attached hydrogens (tertiary/aromatic N) is 1. The van der Waals surface area contributed by atoms with Crippen molar-refractivity contribution in [3.8, 4) is 0 Å². The summed E-state index contributed by atoms with van der Waals surface area (Å²) in [5.74, 6) is 0.904. The van der Waals surface area contributed by atoms with Gasteiger partial charge in [-0.3, -0.25) is 10.1 Å². The van der Waals surface area contributed by atoms with E-state index in [1.807, 2.05) is 4.90 Å². The number of hydrogen-bond donors (Lipinski definition) is 1. The van der Waals surface area contributed by atoms with Crippen LogP contribution in [0.15, 0.2) is 0 Å². The Balaban J connectivity index is 2.01. The highest BCUT2D eigenvalue weighted by Crippen LogP contribution is 2.14. The fraction of sp³-hybridized carbons (Fsp3) is 0.941. The average molecular weight is 282 g/mol. The molecule has 1 heterocycles. The highest BCUT2D eigenvalue weighted by atomic mass is 16.2. The molecule has 20 heavy (non-hydrogen) atoms. The molecule has 3 heteroatoms. The third-order valence-corrected chi connectivity index (χ3v) is 4.13. The summed E-state index contributed by atoms with van der Waals surface area (Å²) >= 11 is 0. The molecule has 1 aliphatic rings. The number of hydrogen-bond acceptors (Lipinski definition) is 2. The molecule has 118 valence electrons. The molecule has 0 aromatic rings. The lowest BCUT2D eigenvalue weighted by molar-refractivity contribution is -0.129. The molecule has 1 N–H and O–H groups in total. The predicted octanol–water partition coefficient (Wildman–Crippen LogP) is 3.93. The molecule has 0 aromatic heterocycles. The standard InChI is InChI=1S/C17H34N2O/c1-4-5-6-7-8-9-10-11-12-19-14-18-16(17(19)20)13-15(2)3/h15-16,18H,4-14H2,1-3H3. The SMILES string of the molecule is CCCCCCCCCCN1CNC(CC(C)C)C1=O. The third-order valence-electron chi connectivity index (χ3n) is 4.13. The maximum atomic E-state index is 12.1. The summed E-state index contributed by atoms with van der Waals surface area (Å²) in [5, 5.41) is 3.34. The van der Waals surface area contributed by atoms with Gasteiger partial charge in [0.25, 0.3) is 0 Å². The first-order chi connectivity index (χ1) is 9.65. The monoisotopic (exact) mass is 282 g/mol. The first kappa shape index (κ1) is 17.5. The van der Waals surface area contributed by atoms with Gasteiger partial charge in [-0.25, -0.2) is 0 Å². The molecular weight excluding hydrogens is 248 g/mol. The first-order valence-electron chi connectivity index (χ1n) is 8.67. The lowest BCUT2D eigenvalue weighted by atomic mass is 10.0. The largest absolute Gasteiger partial charge is 0.329 e. The Morgan fingerprint density at radius 2 is 1.70 bits per heavy atom. The Bertz CT molecular complexity index is 266. The summed E-state index contributed by atoms with van der Waals surface area (Å²) in [4.78, 5) is 14.1. The van der Waals surface area contributed by atoms with Crippen LogP contribution in [-0.2, 0) is 4.79 Å². The lowest BCUT2D eigenvalue weighted by Crippen LogP contribution is -2.32. The van der Waals surface area contributed by atoms with E-state index in [-0.39, 0.29) is 6.04 Å². The average Bonchev–Trinajstić information content (AvgIpc) is 2.74. The van der Waals surface area contributed by atoms with Crippen LogP contribution in [0.25, 0.3) is 0 Å². The molecule has 0 bridgehead atoms. The van der Waals surface area contributed by atoms with Crippen LogP contribution < -0.4 is 5.32 Å². The molecule has 1 unspecified atom stereocenters. The Morgan fingerprint density at radius 1 is 1.10 bits per heavy atom. The van der Waals surface area contributed by atoms with Crippen molar-refractivity contribution in [2.24, 2.45) is 5.92 Å². The molecule has 0 aromatic carbocycles. The molecular formula is C17H34N2O. The molecule has 1 atom stereocenters. The summed E-state index contributed by atoms with van der Waals surface area (Å²) in [6.07, 6.45) is 11.6. The van der Waals surface area contributed by atoms with Gasteiger partial charge in [0.05, 0.1) is 12.7 Å². The van der Waals surface area contributed by atoms with Crippen LogP contribution in [0.1, 0.15) is 78.6 Å². The van der Waals surface area contributed by atoms with Crippen molar-refractivity contribution in [2.45, 2.75) is 84.6 Å². The van der Waals surface area contributed by atoms with E-state index >= 15 is 0 Å². The van der Waals surface area contributed by atoms with Crippen LogP contribution >= 0.6 is 0 Å². The van der Waals surface area contributed by atoms with Crippen molar-refractivity contribution in [1.29, 1.82) is 0 Å². The van der Waals surface area contributed by atoms with Crippen molar-refractivity contribution >= 4 is 5.91 Å². The van der Waals surface area contributed by atoms with Crippen LogP contribution in [-0.4, -0.2) is 30.1 Å². The third kappa shape index (κ3) is 6.74. The van der Waals surface area contributed by atoms with Gasteiger partial charge in [0.2, 0.25) is 5.91 Å². The minimum Gasteiger partial charge on any atom is -0.329 e. The van der Waals surface area contributed by atoms with Gasteiger partial charge in [-0.2, -0.15) is 0 Å². The number of carbonyl (C=O) groups excluding carboxylic acids is 1. The van der Waals surface area contributed by atoms with E-state index in [1.165, 1.54) is 44.9 Å². The maximum Gasteiger partial charge on any atom is 0.240 e. The van der Waals surface area contributed by atoms with Crippen LogP contribution in [0.4, 0.5) is 0 Å². The first-order valence-corrected chi connectivity index (χ1v) is 8.67. The highest BCUT2D eigenvalue weighted by Gasteiger charge is 2.30. The Kier molecular flexibility index (Phi) is 8.92. The van der Waals surface area contributed by atoms with Crippen LogP contribution in [0.2, 0.25) is 0 Å². The number of carbonyl (C=O) groups is 1. The molecule has 1 rings (SSSR count). The van der Waals surface area contributed by atoms with Crippen molar-refractivity contribution < 1.29 is 4.79 Å². The zero-order valence-corrected chi connectivity index (χ0v) is 13.8. The minimum absolute atomic E-state index is 0.0732. The van der Waals surface area contributed by atoms with Crippen molar-refractivity contribution in [1.82, 2.24) is 10.2 Å². The van der Waals surface area contributed by atoms with Gasteiger partial charge in [-0.05, 0) is 18.8 Å². The van der Waals surface area contributed by atoms with E-state index in [4.69, 9.17) is 0 Å². The molecule has 3 nitrogen and oxygen atoms in total. The molecule has 1 amide bonds. The van der Waals surface area contributed by atoms with Crippen LogP contribution in [0, 0.1) is 5.92 Å². The lowest BCUT2D eigenvalue weighted by Gasteiger charge is -2.16. The van der Waals surface area contributed by atoms with Crippen molar-refractivity contribution in [2.75, 3.05) is 13.2 Å². The second kappa shape index (κ2) is 10.2. The molecule has 1 saturated heterocycles. The fourth-order valence-electron chi connectivity index (χ4n) is 2.89. The quantitative estimate of drug-likeness (QED) is 0.582. The number of rotatable bonds is 11. The summed E-state index contributed by atoms with van der Waals surface area (Å²) in [6.45, 7) is 8.31. The maximum absolute atomic E-state index is 12.1. The van der Waals surface area contributed by atoms with E-state index in [0.29, 0.717) is 11.8 Å². The second-order valence-electron chi connectivity index (χ2n) is 6.62. The van der Waals surface area contributed by atoms with E-state index in [9.17, 15) is 4.79 Å². The van der Waals surface area contributed by atoms with Gasteiger partial charge in [0.15, 0.2) is 0 Å². The normalized spacial score (nSPS) is 19.3. The summed E-state index contributed by atoms with van der Waals surface area (Å²) in [5.41, 5.74) is 0. The Labute approximate surface area is 125 Å². The summed E-state index contributed by atoms with van der Waals surface area (Å²) in [6, 6.07) is 0.0732. The van der Waals surface area contributed by atoms with E-state index in [2.05, 4.69) is 26.1 Å². The van der Waals surface area contributed by atoms with Gasteiger partial charge in [-0.15, -0.1) is 0 Å². The van der Waals surface area contributed by atoms with Gasteiger partial charge in [0, 0.05) is 6.54 Å². The van der Waals surface area contributed by atoms with Gasteiger partial charge in [0.1, 0.15) is 0 Å². The topological polar surface area (TPSA) is 32.3 Å². The number of unbranched alkanes of at least 4 members (excludes halogenated alkanes) is 7. The predicted molar refractivity (Wildman–Crippen MR) is 85.6 cm³/mol. The second-order valence-corrected chi connectivity index (χ2v) is 6.62. The van der Waals surface area contributed by atoms with Crippen LogP contribution in [0.5, 0.6) is 0 Å². The Hall–Kier alpha value is -0.570. The number of amides is 1. The smallest absolute Gasteiger partial charge is 0.240 e. The van der Waals surface area contributed by atoms with Crippen LogP contribution in [0.3, 0.4) is 0 Å². The zero-order chi connectivity index (χ0) is 14.8. The molecule has 0 saturated carbocycles. The molecule has 1 aliphatic heterocycles. The van der Waals surface area contributed by atoms with E-state index in [0.717, 1.165) is 26.1 Å². The van der Waals surface area contributed by atoms with Crippen molar-refractivity contribution in [3.63, 3.8) is 0 Å². The van der Waals surface area contributed by atoms with Gasteiger partial charge in [-0.1, -0.05) is 65.7 Å². The van der Waals surface area contributed by atoms with Gasteiger partial charge >= 0.3 is 0 Å². The zero-order valence-electron chi connectivity index (χ0n) is 13.8. The fourth-order valence-corrected chi connectivity index (χ4v) is 2.89. The summed E-state index contributed by atoms with van der Waals surface area (Å²) in [7, 11) is 0. The number of nitrogens with one attached hydrogen (secondary N) is 1. The molecule has 0 radical (unpaired) electrons. The van der Waals surface area contributed by atoms with E-state index < -0.39 is 0 Å². The molecule has 1 fully saturated rings. The summed E-state index contributed by atoms with van der Waals surface area (Å²) < 4.78 is 0.